The topological polar surface area (TPSA) is 52.9 Å². The van der Waals surface area contributed by atoms with Crippen molar-refractivity contribution in [2.24, 2.45) is 5.92 Å². The molecule has 0 aromatic heterocycles. The van der Waals surface area contributed by atoms with E-state index in [0.29, 0.717) is 31.6 Å². The van der Waals surface area contributed by atoms with E-state index in [0.717, 1.165) is 0 Å². The fourth-order valence-corrected chi connectivity index (χ4v) is 2.50. The van der Waals surface area contributed by atoms with Crippen molar-refractivity contribution in [3.63, 3.8) is 0 Å². The van der Waals surface area contributed by atoms with Crippen LogP contribution in [0.2, 0.25) is 0 Å². The minimum atomic E-state index is -4.70. The van der Waals surface area contributed by atoms with Crippen molar-refractivity contribution in [1.82, 2.24) is 4.90 Å². The minimum absolute atomic E-state index is 0.0517. The summed E-state index contributed by atoms with van der Waals surface area (Å²) in [5.74, 6) is -0.369. The molecule has 0 bridgehead atoms. The molecule has 21 heavy (non-hydrogen) atoms. The summed E-state index contributed by atoms with van der Waals surface area (Å²) in [4.78, 5) is 1.95. The van der Waals surface area contributed by atoms with Gasteiger partial charge in [-0.25, -0.2) is 0 Å². The zero-order chi connectivity index (χ0) is 15.5. The van der Waals surface area contributed by atoms with E-state index in [2.05, 4.69) is 4.74 Å². The largest absolute Gasteiger partial charge is 0.573 e. The average molecular weight is 305 g/mol. The molecule has 7 heteroatoms. The van der Waals surface area contributed by atoms with E-state index in [-0.39, 0.29) is 18.3 Å². The van der Waals surface area contributed by atoms with Crippen LogP contribution < -0.4 is 4.74 Å². The third-order valence-corrected chi connectivity index (χ3v) is 3.58. The molecule has 2 N–H and O–H groups in total. The number of nitrogens with zero attached hydrogens (tertiary/aromatic N) is 1. The summed E-state index contributed by atoms with van der Waals surface area (Å²) in [6.07, 6.45) is -4.65. The van der Waals surface area contributed by atoms with E-state index in [1.54, 1.807) is 6.07 Å². The SMILES string of the molecule is OC[C@H]1CCN(Cc2cccc(OC(F)(F)F)c2)C[C@@H]1O. The number of likely N-dealkylation sites (tertiary alicyclic amines) is 1. The normalized spacial score (nSPS) is 24.0. The maximum absolute atomic E-state index is 12.2. The first-order chi connectivity index (χ1) is 9.87. The number of alkyl halides is 3. The number of rotatable bonds is 4. The van der Waals surface area contributed by atoms with Crippen molar-refractivity contribution in [3.05, 3.63) is 29.8 Å². The first kappa shape index (κ1) is 16.1. The number of hydrogen-bond acceptors (Lipinski definition) is 4. The molecule has 0 saturated carbocycles. The van der Waals surface area contributed by atoms with Gasteiger partial charge < -0.3 is 14.9 Å². The van der Waals surface area contributed by atoms with Gasteiger partial charge in [0.25, 0.3) is 0 Å². The Morgan fingerprint density at radius 2 is 2.10 bits per heavy atom. The number of aliphatic hydroxyl groups is 2. The summed E-state index contributed by atoms with van der Waals surface area (Å²) in [6, 6.07) is 5.82. The van der Waals surface area contributed by atoms with Crippen LogP contribution in [0.25, 0.3) is 0 Å². The Hall–Kier alpha value is -1.31. The first-order valence-electron chi connectivity index (χ1n) is 6.73. The molecule has 1 aliphatic heterocycles. The van der Waals surface area contributed by atoms with E-state index < -0.39 is 12.5 Å². The summed E-state index contributed by atoms with van der Waals surface area (Å²) >= 11 is 0. The molecule has 2 rings (SSSR count). The standard InChI is InChI=1S/C14H18F3NO3/c15-14(16,17)21-12-3-1-2-10(6-12)7-18-5-4-11(9-19)13(20)8-18/h1-3,6,11,13,19-20H,4-5,7-9H2/t11-,13+/m1/s1. The molecule has 1 heterocycles. The van der Waals surface area contributed by atoms with Crippen molar-refractivity contribution >= 4 is 0 Å². The summed E-state index contributed by atoms with van der Waals surface area (Å²) < 4.78 is 40.4. The van der Waals surface area contributed by atoms with Gasteiger partial charge >= 0.3 is 6.36 Å². The number of benzene rings is 1. The lowest BCUT2D eigenvalue weighted by molar-refractivity contribution is -0.274. The molecule has 0 aliphatic carbocycles. The predicted octanol–water partition coefficient (Wildman–Crippen LogP) is 1.76. The Balaban J connectivity index is 1.96. The number of halogens is 3. The molecule has 0 unspecified atom stereocenters. The van der Waals surface area contributed by atoms with Crippen LogP contribution in [0.4, 0.5) is 13.2 Å². The average Bonchev–Trinajstić information content (AvgIpc) is 2.37. The van der Waals surface area contributed by atoms with Crippen LogP contribution in [0.1, 0.15) is 12.0 Å². The van der Waals surface area contributed by atoms with Crippen LogP contribution in [-0.4, -0.2) is 47.3 Å². The van der Waals surface area contributed by atoms with Gasteiger partial charge in [0.05, 0.1) is 6.10 Å². The van der Waals surface area contributed by atoms with E-state index in [1.165, 1.54) is 18.2 Å². The van der Waals surface area contributed by atoms with Crippen LogP contribution in [-0.2, 0) is 6.54 Å². The van der Waals surface area contributed by atoms with Gasteiger partial charge in [-0.1, -0.05) is 12.1 Å². The molecular weight excluding hydrogens is 287 g/mol. The van der Waals surface area contributed by atoms with Crippen molar-refractivity contribution < 1.29 is 28.1 Å². The van der Waals surface area contributed by atoms with Crippen molar-refractivity contribution in [2.75, 3.05) is 19.7 Å². The molecule has 1 saturated heterocycles. The molecule has 118 valence electrons. The van der Waals surface area contributed by atoms with E-state index in [1.807, 2.05) is 4.90 Å². The fourth-order valence-electron chi connectivity index (χ4n) is 2.50. The first-order valence-corrected chi connectivity index (χ1v) is 6.73. The summed E-state index contributed by atoms with van der Waals surface area (Å²) in [5.41, 5.74) is 0.686. The number of β-amino-alcohol motifs (C(OH)–C–C–N with tert-alkyl or cyclic N) is 1. The van der Waals surface area contributed by atoms with Gasteiger partial charge in [0.1, 0.15) is 5.75 Å². The number of ether oxygens (including phenoxy) is 1. The molecule has 4 nitrogen and oxygen atoms in total. The maximum Gasteiger partial charge on any atom is 0.573 e. The molecule has 0 radical (unpaired) electrons. The van der Waals surface area contributed by atoms with Crippen molar-refractivity contribution in [2.45, 2.75) is 25.4 Å². The van der Waals surface area contributed by atoms with Crippen LogP contribution >= 0.6 is 0 Å². The highest BCUT2D eigenvalue weighted by Crippen LogP contribution is 2.25. The second-order valence-electron chi connectivity index (χ2n) is 5.23. The summed E-state index contributed by atoms with van der Waals surface area (Å²) in [6.45, 7) is 1.47. The lowest BCUT2D eigenvalue weighted by atomic mass is 9.94. The molecule has 1 aliphatic rings. The van der Waals surface area contributed by atoms with Crippen LogP contribution in [0.5, 0.6) is 5.75 Å². The molecule has 2 atom stereocenters. The summed E-state index contributed by atoms with van der Waals surface area (Å²) in [5, 5.41) is 18.9. The smallest absolute Gasteiger partial charge is 0.406 e. The second kappa shape index (κ2) is 6.64. The van der Waals surface area contributed by atoms with Crippen molar-refractivity contribution in [1.29, 1.82) is 0 Å². The molecule has 0 spiro atoms. The molecule has 1 fully saturated rings. The number of aliphatic hydroxyl groups excluding tert-OH is 2. The highest BCUT2D eigenvalue weighted by molar-refractivity contribution is 5.28. The van der Waals surface area contributed by atoms with Gasteiger partial charge in [-0.05, 0) is 30.7 Å². The molecular formula is C14H18F3NO3. The van der Waals surface area contributed by atoms with Gasteiger partial charge in [0, 0.05) is 25.6 Å². The van der Waals surface area contributed by atoms with Crippen LogP contribution in [0, 0.1) is 5.92 Å². The van der Waals surface area contributed by atoms with Crippen LogP contribution in [0.3, 0.4) is 0 Å². The Kier molecular flexibility index (Phi) is 5.08. The minimum Gasteiger partial charge on any atom is -0.406 e. The molecule has 1 aromatic rings. The highest BCUT2D eigenvalue weighted by atomic mass is 19.4. The Morgan fingerprint density at radius 1 is 1.33 bits per heavy atom. The van der Waals surface area contributed by atoms with Gasteiger partial charge in [-0.2, -0.15) is 0 Å². The summed E-state index contributed by atoms with van der Waals surface area (Å²) in [7, 11) is 0. The lowest BCUT2D eigenvalue weighted by Crippen LogP contribution is -2.44. The number of hydrogen-bond donors (Lipinski definition) is 2. The zero-order valence-electron chi connectivity index (χ0n) is 11.4. The van der Waals surface area contributed by atoms with Gasteiger partial charge in [-0.15, -0.1) is 13.2 Å². The van der Waals surface area contributed by atoms with Gasteiger partial charge in [0.15, 0.2) is 0 Å². The maximum atomic E-state index is 12.2. The Morgan fingerprint density at radius 3 is 2.71 bits per heavy atom. The quantitative estimate of drug-likeness (QED) is 0.890. The Labute approximate surface area is 120 Å². The van der Waals surface area contributed by atoms with Gasteiger partial charge in [0.2, 0.25) is 0 Å². The van der Waals surface area contributed by atoms with Crippen LogP contribution in [0.15, 0.2) is 24.3 Å². The molecule has 1 aromatic carbocycles. The third kappa shape index (κ3) is 4.87. The highest BCUT2D eigenvalue weighted by Gasteiger charge is 2.31. The predicted molar refractivity (Wildman–Crippen MR) is 69.6 cm³/mol. The van der Waals surface area contributed by atoms with E-state index in [9.17, 15) is 18.3 Å². The van der Waals surface area contributed by atoms with Crippen molar-refractivity contribution in [3.8, 4) is 5.75 Å². The monoisotopic (exact) mass is 305 g/mol. The Bertz CT molecular complexity index is 467. The van der Waals surface area contributed by atoms with E-state index >= 15 is 0 Å². The van der Waals surface area contributed by atoms with Gasteiger partial charge in [-0.3, -0.25) is 4.90 Å². The second-order valence-corrected chi connectivity index (χ2v) is 5.23. The van der Waals surface area contributed by atoms with E-state index in [4.69, 9.17) is 5.11 Å². The number of piperidine rings is 1. The zero-order valence-corrected chi connectivity index (χ0v) is 11.4. The fraction of sp³-hybridized carbons (Fsp3) is 0.571. The lowest BCUT2D eigenvalue weighted by Gasteiger charge is -2.35. The molecule has 0 amide bonds. The third-order valence-electron chi connectivity index (χ3n) is 3.58.